The van der Waals surface area contributed by atoms with Gasteiger partial charge in [-0.3, -0.25) is 9.88 Å². The van der Waals surface area contributed by atoms with Gasteiger partial charge in [0.2, 0.25) is 0 Å². The molecule has 0 N–H and O–H groups in total. The Labute approximate surface area is 125 Å². The highest BCUT2D eigenvalue weighted by Gasteiger charge is 2.29. The maximum Gasteiger partial charge on any atom is 0.155 e. The van der Waals surface area contributed by atoms with Crippen molar-refractivity contribution in [3.05, 3.63) is 41.6 Å². The number of aryl methyl sites for hydroxylation is 1. The molecule has 1 aromatic heterocycles. The van der Waals surface area contributed by atoms with E-state index in [9.17, 15) is 8.42 Å². The van der Waals surface area contributed by atoms with Crippen molar-refractivity contribution in [3.63, 3.8) is 0 Å². The molecule has 21 heavy (non-hydrogen) atoms. The molecular formula is C16H20N2O2S. The normalized spacial score (nSPS) is 22.5. The van der Waals surface area contributed by atoms with Crippen molar-refractivity contribution in [1.82, 2.24) is 9.88 Å². The van der Waals surface area contributed by atoms with Crippen LogP contribution < -0.4 is 0 Å². The summed E-state index contributed by atoms with van der Waals surface area (Å²) in [5.74, 6) is 0.251. The molecule has 1 aliphatic heterocycles. The van der Waals surface area contributed by atoms with Gasteiger partial charge >= 0.3 is 0 Å². The minimum atomic E-state index is -2.89. The van der Waals surface area contributed by atoms with Gasteiger partial charge in [-0.2, -0.15) is 0 Å². The van der Waals surface area contributed by atoms with Gasteiger partial charge in [0, 0.05) is 25.0 Å². The third kappa shape index (κ3) is 3.09. The summed E-state index contributed by atoms with van der Waals surface area (Å²) in [6.45, 7) is 5.76. The van der Waals surface area contributed by atoms with Crippen molar-refractivity contribution >= 4 is 20.7 Å². The molecule has 2 aromatic rings. The number of rotatable bonds is 2. The zero-order valence-corrected chi connectivity index (χ0v) is 13.2. The predicted octanol–water partition coefficient (Wildman–Crippen LogP) is 2.16. The zero-order chi connectivity index (χ0) is 15.0. The lowest BCUT2D eigenvalue weighted by atomic mass is 10.1. The molecule has 0 amide bonds. The summed E-state index contributed by atoms with van der Waals surface area (Å²) in [5.41, 5.74) is 3.22. The minimum Gasteiger partial charge on any atom is -0.295 e. The third-order valence-corrected chi connectivity index (χ3v) is 6.24. The summed E-state index contributed by atoms with van der Waals surface area (Å²) in [5, 5.41) is 0.864. The van der Waals surface area contributed by atoms with Crippen LogP contribution in [0, 0.1) is 6.92 Å². The van der Waals surface area contributed by atoms with E-state index in [1.54, 1.807) is 6.92 Å². The molecule has 1 aromatic carbocycles. The second kappa shape index (κ2) is 5.39. The number of aromatic nitrogens is 1. The van der Waals surface area contributed by atoms with Crippen LogP contribution in [0.25, 0.3) is 10.9 Å². The quantitative estimate of drug-likeness (QED) is 0.853. The van der Waals surface area contributed by atoms with Gasteiger partial charge in [0.05, 0.1) is 22.2 Å². The molecule has 0 saturated carbocycles. The Morgan fingerprint density at radius 1 is 1.29 bits per heavy atom. The predicted molar refractivity (Wildman–Crippen MR) is 85.0 cm³/mol. The fourth-order valence-corrected chi connectivity index (χ4v) is 4.13. The van der Waals surface area contributed by atoms with E-state index < -0.39 is 9.84 Å². The Balaban J connectivity index is 1.78. The van der Waals surface area contributed by atoms with E-state index >= 15 is 0 Å². The first-order valence-electron chi connectivity index (χ1n) is 7.24. The van der Waals surface area contributed by atoms with Crippen LogP contribution in [0.1, 0.15) is 18.2 Å². The summed E-state index contributed by atoms with van der Waals surface area (Å²) >= 11 is 0. The highest BCUT2D eigenvalue weighted by atomic mass is 32.2. The number of pyridine rings is 1. The molecule has 0 aliphatic carbocycles. The van der Waals surface area contributed by atoms with Crippen molar-refractivity contribution in [2.75, 3.05) is 18.8 Å². The van der Waals surface area contributed by atoms with Gasteiger partial charge in [-0.05, 0) is 32.0 Å². The first-order chi connectivity index (χ1) is 9.94. The summed E-state index contributed by atoms with van der Waals surface area (Å²) in [4.78, 5) is 6.86. The monoisotopic (exact) mass is 304 g/mol. The van der Waals surface area contributed by atoms with Crippen LogP contribution in [0.5, 0.6) is 0 Å². The van der Waals surface area contributed by atoms with Crippen LogP contribution in [0.3, 0.4) is 0 Å². The van der Waals surface area contributed by atoms with Crippen LogP contribution in [0.4, 0.5) is 0 Å². The maximum absolute atomic E-state index is 11.7. The zero-order valence-electron chi connectivity index (χ0n) is 12.4. The van der Waals surface area contributed by atoms with Crippen molar-refractivity contribution in [3.8, 4) is 0 Å². The Bertz CT molecular complexity index is 771. The van der Waals surface area contributed by atoms with Crippen LogP contribution in [0.2, 0.25) is 0 Å². The SMILES string of the molecule is Cc1ccc2nc(CN3CCS(=O)(=O)[C@H](C)C3)ccc2c1. The van der Waals surface area contributed by atoms with Gasteiger partial charge < -0.3 is 0 Å². The molecule has 1 fully saturated rings. The lowest BCUT2D eigenvalue weighted by Crippen LogP contribution is -2.45. The van der Waals surface area contributed by atoms with Gasteiger partial charge in [0.25, 0.3) is 0 Å². The second-order valence-electron chi connectivity index (χ2n) is 5.91. The number of benzene rings is 1. The van der Waals surface area contributed by atoms with Crippen LogP contribution in [0.15, 0.2) is 30.3 Å². The van der Waals surface area contributed by atoms with Crippen molar-refractivity contribution in [1.29, 1.82) is 0 Å². The topological polar surface area (TPSA) is 50.3 Å². The summed E-state index contributed by atoms with van der Waals surface area (Å²) in [6, 6.07) is 10.4. The lowest BCUT2D eigenvalue weighted by Gasteiger charge is -2.30. The van der Waals surface area contributed by atoms with E-state index in [0.29, 0.717) is 19.6 Å². The molecule has 0 bridgehead atoms. The highest BCUT2D eigenvalue weighted by molar-refractivity contribution is 7.92. The van der Waals surface area contributed by atoms with Crippen molar-refractivity contribution < 1.29 is 8.42 Å². The van der Waals surface area contributed by atoms with Gasteiger partial charge in [0.15, 0.2) is 9.84 Å². The first-order valence-corrected chi connectivity index (χ1v) is 8.96. The van der Waals surface area contributed by atoms with E-state index in [1.807, 2.05) is 12.1 Å². The third-order valence-electron chi connectivity index (χ3n) is 4.11. The van der Waals surface area contributed by atoms with Gasteiger partial charge in [-0.1, -0.05) is 17.7 Å². The molecular weight excluding hydrogens is 284 g/mol. The second-order valence-corrected chi connectivity index (χ2v) is 8.45. The highest BCUT2D eigenvalue weighted by Crippen LogP contribution is 2.17. The number of sulfone groups is 1. The number of hydrogen-bond acceptors (Lipinski definition) is 4. The Morgan fingerprint density at radius 2 is 2.10 bits per heavy atom. The van der Waals surface area contributed by atoms with Crippen molar-refractivity contribution in [2.45, 2.75) is 25.6 Å². The van der Waals surface area contributed by atoms with Gasteiger partial charge in [-0.15, -0.1) is 0 Å². The largest absolute Gasteiger partial charge is 0.295 e. The van der Waals surface area contributed by atoms with Crippen LogP contribution in [-0.2, 0) is 16.4 Å². The smallest absolute Gasteiger partial charge is 0.155 e. The standard InChI is InChI=1S/C16H20N2O2S/c1-12-3-6-16-14(9-12)4-5-15(17-16)11-18-7-8-21(19,20)13(2)10-18/h3-6,9,13H,7-8,10-11H2,1-2H3/t13-/m1/s1. The molecule has 3 rings (SSSR count). The molecule has 4 nitrogen and oxygen atoms in total. The molecule has 0 radical (unpaired) electrons. The van der Waals surface area contributed by atoms with Crippen LogP contribution >= 0.6 is 0 Å². The number of hydrogen-bond donors (Lipinski definition) is 0. The van der Waals surface area contributed by atoms with E-state index in [4.69, 9.17) is 0 Å². The Morgan fingerprint density at radius 3 is 2.86 bits per heavy atom. The average molecular weight is 304 g/mol. The van der Waals surface area contributed by atoms with E-state index in [1.165, 1.54) is 5.56 Å². The summed E-state index contributed by atoms with van der Waals surface area (Å²) in [7, 11) is -2.89. The summed E-state index contributed by atoms with van der Waals surface area (Å²) < 4.78 is 23.5. The van der Waals surface area contributed by atoms with Gasteiger partial charge in [0.1, 0.15) is 0 Å². The van der Waals surface area contributed by atoms with E-state index in [-0.39, 0.29) is 11.0 Å². The molecule has 0 unspecified atom stereocenters. The van der Waals surface area contributed by atoms with E-state index in [2.05, 4.69) is 35.0 Å². The Kier molecular flexibility index (Phi) is 3.71. The molecule has 1 aliphatic rings. The molecule has 5 heteroatoms. The van der Waals surface area contributed by atoms with Gasteiger partial charge in [-0.25, -0.2) is 8.42 Å². The maximum atomic E-state index is 11.7. The fraction of sp³-hybridized carbons (Fsp3) is 0.438. The minimum absolute atomic E-state index is 0.251. The molecule has 112 valence electrons. The average Bonchev–Trinajstić information content (AvgIpc) is 2.43. The number of fused-ring (bicyclic) bond motifs is 1. The van der Waals surface area contributed by atoms with E-state index in [0.717, 1.165) is 16.6 Å². The first kappa shape index (κ1) is 14.5. The molecule has 1 saturated heterocycles. The Hall–Kier alpha value is -1.46. The fourth-order valence-electron chi connectivity index (χ4n) is 2.77. The van der Waals surface area contributed by atoms with Crippen molar-refractivity contribution in [2.24, 2.45) is 0 Å². The molecule has 0 spiro atoms. The molecule has 1 atom stereocenters. The number of nitrogens with zero attached hydrogens (tertiary/aromatic N) is 2. The lowest BCUT2D eigenvalue weighted by molar-refractivity contribution is 0.267. The summed E-state index contributed by atoms with van der Waals surface area (Å²) in [6.07, 6.45) is 0. The molecule has 2 heterocycles. The van der Waals surface area contributed by atoms with Crippen LogP contribution in [-0.4, -0.2) is 42.4 Å².